The molecule has 0 aliphatic heterocycles. The van der Waals surface area contributed by atoms with Crippen molar-refractivity contribution in [2.45, 2.75) is 0 Å². The van der Waals surface area contributed by atoms with Crippen LogP contribution in [0, 0.1) is 0 Å². The summed E-state index contributed by atoms with van der Waals surface area (Å²) in [4.78, 5) is 12.6. The largest absolute Gasteiger partial charge is 0.497 e. The molecule has 7 heteroatoms. The second kappa shape index (κ2) is 5.76. The van der Waals surface area contributed by atoms with Gasteiger partial charge in [0.15, 0.2) is 5.69 Å². The van der Waals surface area contributed by atoms with Crippen LogP contribution in [0.2, 0.25) is 0 Å². The lowest BCUT2D eigenvalue weighted by atomic mass is 10.1. The van der Waals surface area contributed by atoms with Crippen molar-refractivity contribution in [3.8, 4) is 17.0 Å². The minimum absolute atomic E-state index is 0.240. The number of carbonyl (C=O) groups excluding carboxylic acids is 1. The number of hydrogen-bond donors (Lipinski definition) is 1. The van der Waals surface area contributed by atoms with E-state index >= 15 is 0 Å². The maximum atomic E-state index is 12.0. The standard InChI is InChI=1S/C14H11N3O3S/c1-19-10-6-4-9(5-7-10)12-13(17-20-16-12)15-14(18)11-3-2-8-21-11/h2-8H,1H3,(H,15,17,18). The van der Waals surface area contributed by atoms with E-state index in [1.165, 1.54) is 11.3 Å². The summed E-state index contributed by atoms with van der Waals surface area (Å²) in [5, 5.41) is 12.1. The molecule has 1 amide bonds. The molecule has 0 saturated carbocycles. The van der Waals surface area contributed by atoms with Crippen molar-refractivity contribution >= 4 is 23.1 Å². The maximum absolute atomic E-state index is 12.0. The van der Waals surface area contributed by atoms with Gasteiger partial charge in [0.1, 0.15) is 5.75 Å². The van der Waals surface area contributed by atoms with Crippen LogP contribution in [0.3, 0.4) is 0 Å². The van der Waals surface area contributed by atoms with Crippen LogP contribution in [0.15, 0.2) is 46.4 Å². The number of methoxy groups -OCH3 is 1. The number of anilines is 1. The van der Waals surface area contributed by atoms with Crippen molar-refractivity contribution in [2.75, 3.05) is 12.4 Å². The van der Waals surface area contributed by atoms with Crippen LogP contribution < -0.4 is 10.1 Å². The van der Waals surface area contributed by atoms with Crippen LogP contribution in [-0.4, -0.2) is 23.3 Å². The SMILES string of the molecule is COc1ccc(-c2nonc2NC(=O)c2cccs2)cc1. The van der Waals surface area contributed by atoms with Gasteiger partial charge < -0.3 is 10.1 Å². The van der Waals surface area contributed by atoms with Crippen LogP contribution in [-0.2, 0) is 0 Å². The Bertz CT molecular complexity index is 735. The van der Waals surface area contributed by atoms with E-state index in [2.05, 4.69) is 15.6 Å². The molecule has 106 valence electrons. The van der Waals surface area contributed by atoms with Gasteiger partial charge in [0.05, 0.1) is 12.0 Å². The number of nitrogens with one attached hydrogen (secondary N) is 1. The summed E-state index contributed by atoms with van der Waals surface area (Å²) in [5.74, 6) is 0.786. The summed E-state index contributed by atoms with van der Waals surface area (Å²) in [6, 6.07) is 10.8. The molecule has 0 unspecified atom stereocenters. The van der Waals surface area contributed by atoms with E-state index in [1.807, 2.05) is 23.6 Å². The monoisotopic (exact) mass is 301 g/mol. The maximum Gasteiger partial charge on any atom is 0.267 e. The minimum Gasteiger partial charge on any atom is -0.497 e. The average Bonchev–Trinajstić information content (AvgIpc) is 3.19. The van der Waals surface area contributed by atoms with Gasteiger partial charge in [-0.3, -0.25) is 4.79 Å². The number of amides is 1. The van der Waals surface area contributed by atoms with Gasteiger partial charge in [0.25, 0.3) is 5.91 Å². The zero-order valence-electron chi connectivity index (χ0n) is 11.1. The van der Waals surface area contributed by atoms with E-state index in [-0.39, 0.29) is 5.91 Å². The van der Waals surface area contributed by atoms with Crippen molar-refractivity contribution in [3.05, 3.63) is 46.7 Å². The summed E-state index contributed by atoms with van der Waals surface area (Å²) < 4.78 is 9.83. The highest BCUT2D eigenvalue weighted by atomic mass is 32.1. The number of ether oxygens (including phenoxy) is 1. The topological polar surface area (TPSA) is 77.2 Å². The first-order valence-corrected chi connectivity index (χ1v) is 6.98. The molecule has 1 N–H and O–H groups in total. The van der Waals surface area contributed by atoms with E-state index in [1.54, 1.807) is 25.3 Å². The molecule has 0 radical (unpaired) electrons. The molecule has 0 fully saturated rings. The van der Waals surface area contributed by atoms with Gasteiger partial charge >= 0.3 is 0 Å². The molecule has 0 aliphatic carbocycles. The Hall–Kier alpha value is -2.67. The first-order chi connectivity index (χ1) is 10.3. The van der Waals surface area contributed by atoms with Crippen LogP contribution in [0.4, 0.5) is 5.82 Å². The van der Waals surface area contributed by atoms with Gasteiger partial charge in [-0.1, -0.05) is 6.07 Å². The number of hydrogen-bond acceptors (Lipinski definition) is 6. The molecule has 0 saturated heterocycles. The molecule has 0 bridgehead atoms. The second-order valence-electron chi connectivity index (χ2n) is 4.12. The summed E-state index contributed by atoms with van der Waals surface area (Å²) in [5.41, 5.74) is 1.25. The van der Waals surface area contributed by atoms with Gasteiger partial charge in [-0.05, 0) is 46.0 Å². The fraction of sp³-hybridized carbons (Fsp3) is 0.0714. The number of benzene rings is 1. The van der Waals surface area contributed by atoms with E-state index in [0.29, 0.717) is 16.4 Å². The molecule has 1 aromatic carbocycles. The minimum atomic E-state index is -0.240. The zero-order chi connectivity index (χ0) is 14.7. The molecule has 2 heterocycles. The zero-order valence-corrected chi connectivity index (χ0v) is 11.9. The highest BCUT2D eigenvalue weighted by Crippen LogP contribution is 2.26. The number of carbonyl (C=O) groups is 1. The Labute approximate surface area is 124 Å². The average molecular weight is 301 g/mol. The first-order valence-electron chi connectivity index (χ1n) is 6.10. The lowest BCUT2D eigenvalue weighted by molar-refractivity contribution is 0.102. The number of nitrogens with zero attached hydrogens (tertiary/aromatic N) is 2. The van der Waals surface area contributed by atoms with E-state index in [9.17, 15) is 4.79 Å². The summed E-state index contributed by atoms with van der Waals surface area (Å²) >= 11 is 1.35. The Morgan fingerprint density at radius 2 is 2.05 bits per heavy atom. The van der Waals surface area contributed by atoms with Crippen molar-refractivity contribution in [3.63, 3.8) is 0 Å². The fourth-order valence-electron chi connectivity index (χ4n) is 1.79. The third-order valence-corrected chi connectivity index (χ3v) is 3.70. The highest BCUT2D eigenvalue weighted by Gasteiger charge is 2.16. The van der Waals surface area contributed by atoms with Crippen molar-refractivity contribution in [1.29, 1.82) is 0 Å². The normalized spacial score (nSPS) is 10.3. The van der Waals surface area contributed by atoms with Gasteiger partial charge in [-0.15, -0.1) is 11.3 Å². The number of thiophene rings is 1. The van der Waals surface area contributed by atoms with Crippen LogP contribution >= 0.6 is 11.3 Å². The van der Waals surface area contributed by atoms with Crippen molar-refractivity contribution < 1.29 is 14.2 Å². The van der Waals surface area contributed by atoms with Gasteiger partial charge in [0, 0.05) is 5.56 Å². The van der Waals surface area contributed by atoms with Gasteiger partial charge in [0.2, 0.25) is 5.82 Å². The van der Waals surface area contributed by atoms with Crippen LogP contribution in [0.1, 0.15) is 9.67 Å². The molecule has 0 aliphatic rings. The molecule has 0 spiro atoms. The molecule has 2 aromatic heterocycles. The Morgan fingerprint density at radius 1 is 1.24 bits per heavy atom. The smallest absolute Gasteiger partial charge is 0.267 e. The van der Waals surface area contributed by atoms with Gasteiger partial charge in [-0.2, -0.15) is 0 Å². The lowest BCUT2D eigenvalue weighted by Gasteiger charge is -2.03. The Morgan fingerprint density at radius 3 is 2.71 bits per heavy atom. The van der Waals surface area contributed by atoms with E-state index in [0.717, 1.165) is 11.3 Å². The Kier molecular flexibility index (Phi) is 3.65. The quantitative estimate of drug-likeness (QED) is 0.801. The molecule has 3 rings (SSSR count). The lowest BCUT2D eigenvalue weighted by Crippen LogP contribution is -2.11. The third-order valence-electron chi connectivity index (χ3n) is 2.83. The number of rotatable bonds is 4. The molecular weight excluding hydrogens is 290 g/mol. The number of aromatic nitrogens is 2. The second-order valence-corrected chi connectivity index (χ2v) is 5.07. The first kappa shape index (κ1) is 13.3. The summed E-state index contributed by atoms with van der Waals surface area (Å²) in [6.45, 7) is 0. The summed E-state index contributed by atoms with van der Waals surface area (Å²) in [6.07, 6.45) is 0. The summed E-state index contributed by atoms with van der Waals surface area (Å²) in [7, 11) is 1.60. The molecule has 3 aromatic rings. The van der Waals surface area contributed by atoms with Crippen molar-refractivity contribution in [2.24, 2.45) is 0 Å². The molecular formula is C14H11N3O3S. The molecule has 0 atom stereocenters. The highest BCUT2D eigenvalue weighted by molar-refractivity contribution is 7.12. The Balaban J connectivity index is 1.85. The van der Waals surface area contributed by atoms with E-state index in [4.69, 9.17) is 9.37 Å². The predicted molar refractivity (Wildman–Crippen MR) is 78.6 cm³/mol. The predicted octanol–water partition coefficient (Wildman–Crippen LogP) is 3.06. The van der Waals surface area contributed by atoms with Gasteiger partial charge in [-0.25, -0.2) is 4.63 Å². The van der Waals surface area contributed by atoms with Crippen LogP contribution in [0.5, 0.6) is 5.75 Å². The fourth-order valence-corrected chi connectivity index (χ4v) is 2.40. The molecule has 6 nitrogen and oxygen atoms in total. The van der Waals surface area contributed by atoms with Crippen molar-refractivity contribution in [1.82, 2.24) is 10.3 Å². The van der Waals surface area contributed by atoms with E-state index < -0.39 is 0 Å². The van der Waals surface area contributed by atoms with Crippen LogP contribution in [0.25, 0.3) is 11.3 Å². The molecule has 21 heavy (non-hydrogen) atoms. The third kappa shape index (κ3) is 2.77.